The molecule has 2 aromatic rings. The molecule has 0 unspecified atom stereocenters. The van der Waals surface area contributed by atoms with E-state index in [9.17, 15) is 9.59 Å². The number of carbonyl (C=O) groups is 2. The van der Waals surface area contributed by atoms with E-state index in [1.54, 1.807) is 13.8 Å². The standard InChI is InChI=1S/C18H20N2O3/c1-3-23-18(22)11-13(2)19-20-17(21)12-15-9-6-8-14-7-4-5-10-16(14)15/h4-10H,3,11-12H2,1-2H3,(H,20,21). The number of ether oxygens (including phenoxy) is 1. The zero-order valence-corrected chi connectivity index (χ0v) is 13.3. The molecule has 1 N–H and O–H groups in total. The lowest BCUT2D eigenvalue weighted by Gasteiger charge is -2.06. The number of esters is 1. The van der Waals surface area contributed by atoms with E-state index in [4.69, 9.17) is 4.74 Å². The number of carbonyl (C=O) groups excluding carboxylic acids is 2. The third-order valence-electron chi connectivity index (χ3n) is 3.31. The van der Waals surface area contributed by atoms with E-state index in [2.05, 4.69) is 10.5 Å². The summed E-state index contributed by atoms with van der Waals surface area (Å²) in [6.45, 7) is 3.75. The molecule has 0 saturated carbocycles. The minimum absolute atomic E-state index is 0.0718. The number of hydrogen-bond acceptors (Lipinski definition) is 4. The van der Waals surface area contributed by atoms with Crippen molar-refractivity contribution in [3.8, 4) is 0 Å². The first kappa shape index (κ1) is 16.7. The summed E-state index contributed by atoms with van der Waals surface area (Å²) in [5.41, 5.74) is 3.94. The van der Waals surface area contributed by atoms with Crippen molar-refractivity contribution >= 4 is 28.4 Å². The number of hydrogen-bond donors (Lipinski definition) is 1. The summed E-state index contributed by atoms with van der Waals surface area (Å²) in [5.74, 6) is -0.568. The maximum Gasteiger partial charge on any atom is 0.311 e. The fourth-order valence-electron chi connectivity index (χ4n) is 2.28. The van der Waals surface area contributed by atoms with Crippen LogP contribution in [0.15, 0.2) is 47.6 Å². The van der Waals surface area contributed by atoms with Crippen molar-refractivity contribution in [2.45, 2.75) is 26.7 Å². The van der Waals surface area contributed by atoms with Gasteiger partial charge >= 0.3 is 5.97 Å². The summed E-state index contributed by atoms with van der Waals surface area (Å²) in [5, 5.41) is 6.09. The first-order chi connectivity index (χ1) is 11.1. The van der Waals surface area contributed by atoms with Gasteiger partial charge in [0.15, 0.2) is 0 Å². The van der Waals surface area contributed by atoms with Crippen LogP contribution in [0.3, 0.4) is 0 Å². The molecule has 1 amide bonds. The average Bonchev–Trinajstić information content (AvgIpc) is 2.53. The first-order valence-corrected chi connectivity index (χ1v) is 7.54. The Hall–Kier alpha value is -2.69. The van der Waals surface area contributed by atoms with Gasteiger partial charge in [0.05, 0.1) is 19.4 Å². The van der Waals surface area contributed by atoms with Gasteiger partial charge in [0.1, 0.15) is 0 Å². The Bertz CT molecular complexity index is 733. The predicted molar refractivity (Wildman–Crippen MR) is 90.2 cm³/mol. The number of nitrogens with one attached hydrogen (secondary N) is 1. The van der Waals surface area contributed by atoms with Crippen molar-refractivity contribution in [1.82, 2.24) is 5.43 Å². The highest BCUT2D eigenvalue weighted by Crippen LogP contribution is 2.18. The SMILES string of the molecule is CCOC(=O)CC(C)=NNC(=O)Cc1cccc2ccccc12. The van der Waals surface area contributed by atoms with Crippen molar-refractivity contribution in [3.63, 3.8) is 0 Å². The molecule has 5 nitrogen and oxygen atoms in total. The van der Waals surface area contributed by atoms with Gasteiger partial charge < -0.3 is 4.74 Å². The van der Waals surface area contributed by atoms with Gasteiger partial charge in [0.25, 0.3) is 0 Å². The molecule has 5 heteroatoms. The number of benzene rings is 2. The van der Waals surface area contributed by atoms with E-state index in [-0.39, 0.29) is 24.7 Å². The van der Waals surface area contributed by atoms with Crippen LogP contribution < -0.4 is 5.43 Å². The molecule has 2 rings (SSSR count). The number of amides is 1. The van der Waals surface area contributed by atoms with Crippen LogP contribution in [0, 0.1) is 0 Å². The number of rotatable bonds is 6. The molecule has 0 saturated heterocycles. The molecular formula is C18H20N2O3. The van der Waals surface area contributed by atoms with E-state index < -0.39 is 0 Å². The molecule has 2 aromatic carbocycles. The molecular weight excluding hydrogens is 292 g/mol. The van der Waals surface area contributed by atoms with E-state index in [1.165, 1.54) is 0 Å². The largest absolute Gasteiger partial charge is 0.466 e. The summed E-state index contributed by atoms with van der Waals surface area (Å²) in [4.78, 5) is 23.4. The first-order valence-electron chi connectivity index (χ1n) is 7.54. The van der Waals surface area contributed by atoms with Gasteiger partial charge in [0, 0.05) is 5.71 Å². The van der Waals surface area contributed by atoms with E-state index in [0.29, 0.717) is 12.3 Å². The van der Waals surface area contributed by atoms with Crippen LogP contribution in [0.1, 0.15) is 25.8 Å². The Morgan fingerprint density at radius 2 is 1.87 bits per heavy atom. The Kier molecular flexibility index (Phi) is 5.86. The number of nitrogens with zero attached hydrogens (tertiary/aromatic N) is 1. The second-order valence-corrected chi connectivity index (χ2v) is 5.18. The van der Waals surface area contributed by atoms with Gasteiger partial charge in [-0.05, 0) is 30.2 Å². The van der Waals surface area contributed by atoms with Crippen molar-refractivity contribution in [2.24, 2.45) is 5.10 Å². The molecule has 0 radical (unpaired) electrons. The monoisotopic (exact) mass is 312 g/mol. The van der Waals surface area contributed by atoms with Crippen molar-refractivity contribution < 1.29 is 14.3 Å². The van der Waals surface area contributed by atoms with Crippen molar-refractivity contribution in [2.75, 3.05) is 6.61 Å². The smallest absolute Gasteiger partial charge is 0.311 e. The summed E-state index contributed by atoms with van der Waals surface area (Å²) in [7, 11) is 0. The van der Waals surface area contributed by atoms with Crippen molar-refractivity contribution in [1.29, 1.82) is 0 Å². The third-order valence-corrected chi connectivity index (χ3v) is 3.31. The zero-order valence-electron chi connectivity index (χ0n) is 13.3. The highest BCUT2D eigenvalue weighted by Gasteiger charge is 2.08. The van der Waals surface area contributed by atoms with Crippen LogP contribution in [-0.4, -0.2) is 24.2 Å². The summed E-state index contributed by atoms with van der Waals surface area (Å²) in [6, 6.07) is 13.8. The Balaban J connectivity index is 1.98. The Morgan fingerprint density at radius 1 is 1.13 bits per heavy atom. The maximum absolute atomic E-state index is 12.0. The number of hydrazone groups is 1. The Morgan fingerprint density at radius 3 is 2.65 bits per heavy atom. The lowest BCUT2D eigenvalue weighted by molar-refractivity contribution is -0.141. The molecule has 0 bridgehead atoms. The quantitative estimate of drug-likeness (QED) is 0.506. The fourth-order valence-corrected chi connectivity index (χ4v) is 2.28. The predicted octanol–water partition coefficient (Wildman–Crippen LogP) is 2.83. The Labute approximate surface area is 135 Å². The lowest BCUT2D eigenvalue weighted by atomic mass is 10.0. The summed E-state index contributed by atoms with van der Waals surface area (Å²) >= 11 is 0. The molecule has 23 heavy (non-hydrogen) atoms. The zero-order chi connectivity index (χ0) is 16.7. The maximum atomic E-state index is 12.0. The summed E-state index contributed by atoms with van der Waals surface area (Å²) < 4.78 is 4.83. The van der Waals surface area contributed by atoms with Gasteiger partial charge in [0.2, 0.25) is 5.91 Å². The van der Waals surface area contributed by atoms with E-state index >= 15 is 0 Å². The molecule has 0 aromatic heterocycles. The van der Waals surface area contributed by atoms with Gasteiger partial charge in [-0.3, -0.25) is 9.59 Å². The van der Waals surface area contributed by atoms with E-state index in [0.717, 1.165) is 16.3 Å². The van der Waals surface area contributed by atoms with Gasteiger partial charge in [-0.25, -0.2) is 5.43 Å². The molecule has 0 heterocycles. The van der Waals surface area contributed by atoms with Crippen LogP contribution in [0.5, 0.6) is 0 Å². The number of fused-ring (bicyclic) bond motifs is 1. The fraction of sp³-hybridized carbons (Fsp3) is 0.278. The highest BCUT2D eigenvalue weighted by atomic mass is 16.5. The van der Waals surface area contributed by atoms with Crippen LogP contribution in [0.25, 0.3) is 10.8 Å². The highest BCUT2D eigenvalue weighted by molar-refractivity contribution is 5.98. The van der Waals surface area contributed by atoms with Gasteiger partial charge in [-0.15, -0.1) is 0 Å². The minimum atomic E-state index is -0.350. The van der Waals surface area contributed by atoms with Gasteiger partial charge in [-0.2, -0.15) is 5.10 Å². The molecule has 0 atom stereocenters. The second-order valence-electron chi connectivity index (χ2n) is 5.18. The second kappa shape index (κ2) is 8.08. The third kappa shape index (κ3) is 4.92. The molecule has 0 aliphatic rings. The topological polar surface area (TPSA) is 67.8 Å². The molecule has 120 valence electrons. The normalized spacial score (nSPS) is 11.3. The van der Waals surface area contributed by atoms with Gasteiger partial charge in [-0.1, -0.05) is 42.5 Å². The molecule has 0 aliphatic carbocycles. The van der Waals surface area contributed by atoms with Crippen LogP contribution in [0.4, 0.5) is 0 Å². The lowest BCUT2D eigenvalue weighted by Crippen LogP contribution is -2.22. The van der Waals surface area contributed by atoms with Crippen LogP contribution in [0.2, 0.25) is 0 Å². The van der Waals surface area contributed by atoms with Crippen LogP contribution >= 0.6 is 0 Å². The minimum Gasteiger partial charge on any atom is -0.466 e. The average molecular weight is 312 g/mol. The van der Waals surface area contributed by atoms with Crippen molar-refractivity contribution in [3.05, 3.63) is 48.0 Å². The molecule has 0 spiro atoms. The van der Waals surface area contributed by atoms with E-state index in [1.807, 2.05) is 42.5 Å². The summed E-state index contributed by atoms with van der Waals surface area (Å²) in [6.07, 6.45) is 0.305. The molecule has 0 aliphatic heterocycles. The molecule has 0 fully saturated rings. The van der Waals surface area contributed by atoms with Crippen LogP contribution in [-0.2, 0) is 20.7 Å².